The summed E-state index contributed by atoms with van der Waals surface area (Å²) in [6.45, 7) is 7.15. The van der Waals surface area contributed by atoms with Crippen LogP contribution < -0.4 is 4.74 Å². The normalized spacial score (nSPS) is 12.8. The fourth-order valence-corrected chi connectivity index (χ4v) is 1.42. The number of ether oxygens (including phenoxy) is 2. The Morgan fingerprint density at radius 2 is 1.94 bits per heavy atom. The van der Waals surface area contributed by atoms with Crippen molar-refractivity contribution >= 4 is 0 Å². The van der Waals surface area contributed by atoms with Crippen LogP contribution in [0.1, 0.15) is 32.4 Å². The predicted octanol–water partition coefficient (Wildman–Crippen LogP) is 2.93. The molecule has 102 valence electrons. The quantitative estimate of drug-likeness (QED) is 0.762. The van der Waals surface area contributed by atoms with Crippen LogP contribution in [0.25, 0.3) is 0 Å². The van der Waals surface area contributed by atoms with Crippen molar-refractivity contribution in [2.24, 2.45) is 5.92 Å². The summed E-state index contributed by atoms with van der Waals surface area (Å²) in [5.41, 5.74) is 0.538. The first kappa shape index (κ1) is 14.9. The van der Waals surface area contributed by atoms with E-state index in [2.05, 4.69) is 13.8 Å². The van der Waals surface area contributed by atoms with Gasteiger partial charge in [-0.05, 0) is 30.5 Å². The maximum Gasteiger partial charge on any atom is 0.165 e. The van der Waals surface area contributed by atoms with Crippen LogP contribution in [0.4, 0.5) is 4.39 Å². The molecular weight excluding hydrogens is 235 g/mol. The predicted molar refractivity (Wildman–Crippen MR) is 68.2 cm³/mol. The fraction of sp³-hybridized carbons (Fsp3) is 0.571. The minimum atomic E-state index is -0.678. The largest absolute Gasteiger partial charge is 0.488 e. The molecule has 3 nitrogen and oxygen atoms in total. The lowest BCUT2D eigenvalue weighted by Crippen LogP contribution is -2.10. The van der Waals surface area contributed by atoms with E-state index in [1.165, 1.54) is 12.1 Å². The van der Waals surface area contributed by atoms with Crippen molar-refractivity contribution in [2.75, 3.05) is 19.8 Å². The third kappa shape index (κ3) is 5.02. The monoisotopic (exact) mass is 256 g/mol. The average molecular weight is 256 g/mol. The Balaban J connectivity index is 2.39. The minimum absolute atomic E-state index is 0.188. The van der Waals surface area contributed by atoms with Crippen LogP contribution in [0.15, 0.2) is 18.2 Å². The highest BCUT2D eigenvalue weighted by Gasteiger charge is 2.07. The van der Waals surface area contributed by atoms with E-state index in [4.69, 9.17) is 9.47 Å². The number of benzene rings is 1. The summed E-state index contributed by atoms with van der Waals surface area (Å²) in [4.78, 5) is 0. The van der Waals surface area contributed by atoms with Crippen molar-refractivity contribution in [3.63, 3.8) is 0 Å². The van der Waals surface area contributed by atoms with Crippen molar-refractivity contribution in [3.05, 3.63) is 29.6 Å². The van der Waals surface area contributed by atoms with E-state index < -0.39 is 11.9 Å². The third-order valence-corrected chi connectivity index (χ3v) is 2.37. The molecule has 0 fully saturated rings. The lowest BCUT2D eigenvalue weighted by molar-refractivity contribution is 0.0807. The van der Waals surface area contributed by atoms with Crippen molar-refractivity contribution < 1.29 is 19.0 Å². The molecular formula is C14H21FO3. The molecule has 0 aromatic heterocycles. The van der Waals surface area contributed by atoms with Gasteiger partial charge in [0, 0.05) is 6.61 Å². The zero-order chi connectivity index (χ0) is 13.5. The molecule has 0 amide bonds. The topological polar surface area (TPSA) is 38.7 Å². The molecule has 4 heteroatoms. The fourth-order valence-electron chi connectivity index (χ4n) is 1.42. The van der Waals surface area contributed by atoms with Gasteiger partial charge in [0.2, 0.25) is 0 Å². The van der Waals surface area contributed by atoms with Gasteiger partial charge in [0.05, 0.1) is 12.7 Å². The van der Waals surface area contributed by atoms with Crippen LogP contribution in [-0.4, -0.2) is 24.9 Å². The minimum Gasteiger partial charge on any atom is -0.488 e. The van der Waals surface area contributed by atoms with Gasteiger partial charge in [-0.25, -0.2) is 4.39 Å². The number of aliphatic hydroxyl groups excluding tert-OH is 1. The summed E-state index contributed by atoms with van der Waals surface area (Å²) >= 11 is 0. The maximum absolute atomic E-state index is 13.6. The average Bonchev–Trinajstić information content (AvgIpc) is 2.29. The molecule has 0 spiro atoms. The lowest BCUT2D eigenvalue weighted by Gasteiger charge is -2.11. The van der Waals surface area contributed by atoms with E-state index in [9.17, 15) is 9.50 Å². The molecule has 0 unspecified atom stereocenters. The summed E-state index contributed by atoms with van der Waals surface area (Å²) < 4.78 is 24.2. The van der Waals surface area contributed by atoms with Gasteiger partial charge in [0.1, 0.15) is 6.61 Å². The van der Waals surface area contributed by atoms with Gasteiger partial charge >= 0.3 is 0 Å². The van der Waals surface area contributed by atoms with Gasteiger partial charge in [-0.15, -0.1) is 0 Å². The van der Waals surface area contributed by atoms with Crippen molar-refractivity contribution in [1.29, 1.82) is 0 Å². The Morgan fingerprint density at radius 3 is 2.50 bits per heavy atom. The molecule has 1 atom stereocenters. The zero-order valence-electron chi connectivity index (χ0n) is 11.1. The summed E-state index contributed by atoms with van der Waals surface area (Å²) in [5.74, 6) is 0.205. The smallest absolute Gasteiger partial charge is 0.165 e. The number of hydrogen-bond acceptors (Lipinski definition) is 3. The van der Waals surface area contributed by atoms with E-state index in [1.54, 1.807) is 13.0 Å². The maximum atomic E-state index is 13.6. The second kappa shape index (κ2) is 7.34. The standard InChI is InChI=1S/C14H21FO3/c1-10(2)9-17-6-7-18-14-5-4-12(11(3)16)8-13(14)15/h4-5,8,10-11,16H,6-7,9H2,1-3H3/t11-/m0/s1. The van der Waals surface area contributed by atoms with E-state index in [-0.39, 0.29) is 5.75 Å². The van der Waals surface area contributed by atoms with Crippen LogP contribution in [0, 0.1) is 11.7 Å². The first-order valence-electron chi connectivity index (χ1n) is 6.18. The van der Waals surface area contributed by atoms with Gasteiger partial charge in [0.25, 0.3) is 0 Å². The number of aliphatic hydroxyl groups is 1. The first-order chi connectivity index (χ1) is 8.50. The van der Waals surface area contributed by atoms with Crippen LogP contribution in [-0.2, 0) is 4.74 Å². The Hall–Kier alpha value is -1.13. The van der Waals surface area contributed by atoms with Crippen LogP contribution in [0.3, 0.4) is 0 Å². The van der Waals surface area contributed by atoms with E-state index in [1.807, 2.05) is 0 Å². The summed E-state index contributed by atoms with van der Waals surface area (Å²) in [7, 11) is 0. The van der Waals surface area contributed by atoms with Crippen LogP contribution in [0.5, 0.6) is 5.75 Å². The van der Waals surface area contributed by atoms with Crippen LogP contribution in [0.2, 0.25) is 0 Å². The second-order valence-corrected chi connectivity index (χ2v) is 4.68. The lowest BCUT2D eigenvalue weighted by atomic mass is 10.1. The van der Waals surface area contributed by atoms with Crippen molar-refractivity contribution in [3.8, 4) is 5.75 Å². The van der Waals surface area contributed by atoms with Gasteiger partial charge in [-0.1, -0.05) is 19.9 Å². The van der Waals surface area contributed by atoms with Gasteiger partial charge in [-0.3, -0.25) is 0 Å². The van der Waals surface area contributed by atoms with E-state index in [0.717, 1.165) is 0 Å². The molecule has 1 aromatic rings. The highest BCUT2D eigenvalue weighted by atomic mass is 19.1. The summed E-state index contributed by atoms with van der Waals surface area (Å²) in [5, 5.41) is 9.31. The number of halogens is 1. The molecule has 1 N–H and O–H groups in total. The Morgan fingerprint density at radius 1 is 1.22 bits per heavy atom. The molecule has 0 saturated heterocycles. The Bertz CT molecular complexity index is 364. The Labute approximate surface area is 108 Å². The summed E-state index contributed by atoms with van der Waals surface area (Å²) in [6, 6.07) is 4.47. The molecule has 0 bridgehead atoms. The van der Waals surface area contributed by atoms with E-state index >= 15 is 0 Å². The molecule has 0 aliphatic rings. The van der Waals surface area contributed by atoms with Gasteiger partial charge in [0.15, 0.2) is 11.6 Å². The third-order valence-electron chi connectivity index (χ3n) is 2.37. The molecule has 0 heterocycles. The van der Waals surface area contributed by atoms with E-state index in [0.29, 0.717) is 31.3 Å². The number of rotatable bonds is 7. The Kier molecular flexibility index (Phi) is 6.09. The van der Waals surface area contributed by atoms with Gasteiger partial charge < -0.3 is 14.6 Å². The zero-order valence-corrected chi connectivity index (χ0v) is 11.1. The van der Waals surface area contributed by atoms with Crippen molar-refractivity contribution in [1.82, 2.24) is 0 Å². The number of hydrogen-bond donors (Lipinski definition) is 1. The molecule has 1 aromatic carbocycles. The first-order valence-corrected chi connectivity index (χ1v) is 6.18. The molecule has 18 heavy (non-hydrogen) atoms. The highest BCUT2D eigenvalue weighted by molar-refractivity contribution is 5.30. The molecule has 0 aliphatic carbocycles. The molecule has 1 rings (SSSR count). The summed E-state index contributed by atoms with van der Waals surface area (Å²) in [6.07, 6.45) is -0.678. The molecule has 0 saturated carbocycles. The second-order valence-electron chi connectivity index (χ2n) is 4.68. The molecule has 0 radical (unpaired) electrons. The van der Waals surface area contributed by atoms with Gasteiger partial charge in [-0.2, -0.15) is 0 Å². The van der Waals surface area contributed by atoms with Crippen molar-refractivity contribution in [2.45, 2.75) is 26.9 Å². The SMILES string of the molecule is CC(C)COCCOc1ccc([C@H](C)O)cc1F. The molecule has 0 aliphatic heterocycles. The highest BCUT2D eigenvalue weighted by Crippen LogP contribution is 2.21. The van der Waals surface area contributed by atoms with Crippen LogP contribution >= 0.6 is 0 Å².